The zero-order valence-corrected chi connectivity index (χ0v) is 10.8. The van der Waals surface area contributed by atoms with E-state index in [2.05, 4.69) is 36.2 Å². The predicted molar refractivity (Wildman–Crippen MR) is 73.2 cm³/mol. The van der Waals surface area contributed by atoms with Gasteiger partial charge in [-0.2, -0.15) is 0 Å². The molecule has 0 spiro atoms. The fraction of sp³-hybridized carbons (Fsp3) is 0.333. The van der Waals surface area contributed by atoms with Crippen LogP contribution in [0.15, 0.2) is 53.3 Å². The lowest BCUT2D eigenvalue weighted by Gasteiger charge is -2.26. The molecule has 2 N–H and O–H groups in total. The molecular formula is C15H20N2O. The molecule has 18 heavy (non-hydrogen) atoms. The molecule has 0 aliphatic rings. The Kier molecular flexibility index (Phi) is 4.56. The molecule has 3 nitrogen and oxygen atoms in total. The lowest BCUT2D eigenvalue weighted by molar-refractivity contribution is 0.236. The third kappa shape index (κ3) is 3.45. The molecule has 1 atom stereocenters. The lowest BCUT2D eigenvalue weighted by atomic mass is 10.0. The third-order valence-corrected chi connectivity index (χ3v) is 3.22. The Morgan fingerprint density at radius 3 is 2.56 bits per heavy atom. The van der Waals surface area contributed by atoms with E-state index in [1.807, 2.05) is 12.1 Å². The first-order chi connectivity index (χ1) is 8.79. The lowest BCUT2D eigenvalue weighted by Crippen LogP contribution is -2.39. The van der Waals surface area contributed by atoms with Gasteiger partial charge in [-0.1, -0.05) is 30.3 Å². The Bertz CT molecular complexity index is 439. The van der Waals surface area contributed by atoms with Gasteiger partial charge in [0, 0.05) is 24.7 Å². The Balaban J connectivity index is 1.95. The van der Waals surface area contributed by atoms with Crippen LogP contribution in [0.4, 0.5) is 0 Å². The van der Waals surface area contributed by atoms with Crippen molar-refractivity contribution in [3.63, 3.8) is 0 Å². The molecule has 0 bridgehead atoms. The van der Waals surface area contributed by atoms with Crippen molar-refractivity contribution in [2.45, 2.75) is 19.0 Å². The molecule has 96 valence electrons. The molecular weight excluding hydrogens is 224 g/mol. The van der Waals surface area contributed by atoms with E-state index in [9.17, 15) is 0 Å². The average molecular weight is 244 g/mol. The summed E-state index contributed by atoms with van der Waals surface area (Å²) in [6.07, 6.45) is 4.47. The normalized spacial score (nSPS) is 12.8. The summed E-state index contributed by atoms with van der Waals surface area (Å²) in [5.41, 5.74) is 8.40. The van der Waals surface area contributed by atoms with Crippen LogP contribution >= 0.6 is 0 Å². The van der Waals surface area contributed by atoms with Crippen LogP contribution < -0.4 is 5.73 Å². The molecule has 0 aliphatic heterocycles. The summed E-state index contributed by atoms with van der Waals surface area (Å²) < 4.78 is 5.09. The zero-order chi connectivity index (χ0) is 12.8. The number of benzene rings is 1. The standard InChI is InChI=1S/C15H20N2O/c1-17(11-14-7-8-18-12-14)15(10-16)9-13-5-3-2-4-6-13/h2-8,12,15H,9-11,16H2,1H3. The van der Waals surface area contributed by atoms with Crippen LogP contribution in [0.3, 0.4) is 0 Å². The predicted octanol–water partition coefficient (Wildman–Crippen LogP) is 2.28. The van der Waals surface area contributed by atoms with Gasteiger partial charge < -0.3 is 10.2 Å². The minimum Gasteiger partial charge on any atom is -0.472 e. The van der Waals surface area contributed by atoms with Crippen molar-refractivity contribution in [3.05, 3.63) is 60.1 Å². The van der Waals surface area contributed by atoms with Gasteiger partial charge in [0.1, 0.15) is 0 Å². The topological polar surface area (TPSA) is 42.4 Å². The maximum absolute atomic E-state index is 5.89. The molecule has 2 aromatic rings. The SMILES string of the molecule is CN(Cc1ccoc1)C(CN)Cc1ccccc1. The molecule has 1 heterocycles. The van der Waals surface area contributed by atoms with Gasteiger partial charge in [0.05, 0.1) is 12.5 Å². The van der Waals surface area contributed by atoms with Crippen LogP contribution in [-0.2, 0) is 13.0 Å². The minimum atomic E-state index is 0.349. The van der Waals surface area contributed by atoms with E-state index in [4.69, 9.17) is 10.2 Å². The van der Waals surface area contributed by atoms with E-state index in [0.717, 1.165) is 13.0 Å². The van der Waals surface area contributed by atoms with E-state index < -0.39 is 0 Å². The van der Waals surface area contributed by atoms with Gasteiger partial charge in [-0.25, -0.2) is 0 Å². The molecule has 0 radical (unpaired) electrons. The molecule has 0 amide bonds. The van der Waals surface area contributed by atoms with Gasteiger partial charge >= 0.3 is 0 Å². The smallest absolute Gasteiger partial charge is 0.0947 e. The number of rotatable bonds is 6. The maximum atomic E-state index is 5.89. The summed E-state index contributed by atoms with van der Waals surface area (Å²) in [4.78, 5) is 2.28. The monoisotopic (exact) mass is 244 g/mol. The second-order valence-electron chi connectivity index (χ2n) is 4.63. The molecule has 1 unspecified atom stereocenters. The first kappa shape index (κ1) is 12.9. The highest BCUT2D eigenvalue weighted by Crippen LogP contribution is 2.11. The Labute approximate surface area is 108 Å². The zero-order valence-electron chi connectivity index (χ0n) is 10.8. The van der Waals surface area contributed by atoms with Gasteiger partial charge in [0.25, 0.3) is 0 Å². The molecule has 1 aromatic carbocycles. The highest BCUT2D eigenvalue weighted by atomic mass is 16.3. The third-order valence-electron chi connectivity index (χ3n) is 3.22. The number of hydrogen-bond acceptors (Lipinski definition) is 3. The number of hydrogen-bond donors (Lipinski definition) is 1. The first-order valence-corrected chi connectivity index (χ1v) is 6.25. The van der Waals surface area contributed by atoms with Gasteiger partial charge in [-0.3, -0.25) is 4.90 Å². The number of likely N-dealkylation sites (N-methyl/N-ethyl adjacent to an activating group) is 1. The van der Waals surface area contributed by atoms with Crippen molar-refractivity contribution in [2.24, 2.45) is 5.73 Å². The van der Waals surface area contributed by atoms with Gasteiger partial charge in [0.2, 0.25) is 0 Å². The Morgan fingerprint density at radius 2 is 1.94 bits per heavy atom. The quantitative estimate of drug-likeness (QED) is 0.847. The fourth-order valence-corrected chi connectivity index (χ4v) is 2.10. The van der Waals surface area contributed by atoms with E-state index >= 15 is 0 Å². The van der Waals surface area contributed by atoms with Crippen LogP contribution in [0.1, 0.15) is 11.1 Å². The Hall–Kier alpha value is -1.58. The van der Waals surface area contributed by atoms with Crippen LogP contribution in [0.25, 0.3) is 0 Å². The summed E-state index contributed by atoms with van der Waals surface area (Å²) >= 11 is 0. The van der Waals surface area contributed by atoms with Crippen LogP contribution in [0.5, 0.6) is 0 Å². The van der Waals surface area contributed by atoms with E-state index in [1.54, 1.807) is 12.5 Å². The van der Waals surface area contributed by atoms with Gasteiger partial charge in [0.15, 0.2) is 0 Å². The number of nitrogens with two attached hydrogens (primary N) is 1. The van der Waals surface area contributed by atoms with E-state index in [-0.39, 0.29) is 0 Å². The summed E-state index contributed by atoms with van der Waals surface area (Å²) in [7, 11) is 2.10. The minimum absolute atomic E-state index is 0.349. The largest absolute Gasteiger partial charge is 0.472 e. The second kappa shape index (κ2) is 6.38. The molecule has 0 aliphatic carbocycles. The van der Waals surface area contributed by atoms with E-state index in [1.165, 1.54) is 11.1 Å². The van der Waals surface area contributed by atoms with Crippen molar-refractivity contribution >= 4 is 0 Å². The number of nitrogens with zero attached hydrogens (tertiary/aromatic N) is 1. The van der Waals surface area contributed by atoms with Gasteiger partial charge in [-0.05, 0) is 25.1 Å². The summed E-state index contributed by atoms with van der Waals surface area (Å²) in [5, 5.41) is 0. The summed E-state index contributed by atoms with van der Waals surface area (Å²) in [6, 6.07) is 12.8. The summed E-state index contributed by atoms with van der Waals surface area (Å²) in [5.74, 6) is 0. The van der Waals surface area contributed by atoms with E-state index in [0.29, 0.717) is 12.6 Å². The molecule has 0 saturated heterocycles. The van der Waals surface area contributed by atoms with Crippen LogP contribution in [0.2, 0.25) is 0 Å². The highest BCUT2D eigenvalue weighted by Gasteiger charge is 2.14. The number of furan rings is 1. The van der Waals surface area contributed by atoms with Crippen molar-refractivity contribution in [1.29, 1.82) is 0 Å². The van der Waals surface area contributed by atoms with Crippen molar-refractivity contribution in [3.8, 4) is 0 Å². The average Bonchev–Trinajstić information content (AvgIpc) is 2.90. The molecule has 1 aromatic heterocycles. The van der Waals surface area contributed by atoms with Crippen LogP contribution in [-0.4, -0.2) is 24.5 Å². The Morgan fingerprint density at radius 1 is 1.17 bits per heavy atom. The highest BCUT2D eigenvalue weighted by molar-refractivity contribution is 5.16. The van der Waals surface area contributed by atoms with Gasteiger partial charge in [-0.15, -0.1) is 0 Å². The molecule has 0 fully saturated rings. The molecule has 3 heteroatoms. The van der Waals surface area contributed by atoms with Crippen molar-refractivity contribution in [1.82, 2.24) is 4.90 Å². The van der Waals surface area contributed by atoms with Crippen molar-refractivity contribution < 1.29 is 4.42 Å². The second-order valence-corrected chi connectivity index (χ2v) is 4.63. The maximum Gasteiger partial charge on any atom is 0.0947 e. The first-order valence-electron chi connectivity index (χ1n) is 6.25. The molecule has 0 saturated carbocycles. The molecule has 2 rings (SSSR count). The van der Waals surface area contributed by atoms with Crippen molar-refractivity contribution in [2.75, 3.05) is 13.6 Å². The summed E-state index contributed by atoms with van der Waals surface area (Å²) in [6.45, 7) is 1.52. The fourth-order valence-electron chi connectivity index (χ4n) is 2.10. The van der Waals surface area contributed by atoms with Crippen LogP contribution in [0, 0.1) is 0 Å².